The molecule has 3 aromatic carbocycles. The van der Waals surface area contributed by atoms with Crippen LogP contribution in [-0.4, -0.2) is 37.9 Å². The molecule has 4 aromatic rings. The molecule has 0 bridgehead atoms. The summed E-state index contributed by atoms with van der Waals surface area (Å²) in [5, 5.41) is 26.4. The fourth-order valence-electron chi connectivity index (χ4n) is 5.42. The molecule has 1 aliphatic carbocycles. The first-order chi connectivity index (χ1) is 19.7. The van der Waals surface area contributed by atoms with Crippen molar-refractivity contribution in [2.24, 2.45) is 0 Å². The normalized spacial score (nSPS) is 15.5. The molecule has 41 heavy (non-hydrogen) atoms. The fraction of sp³-hybridized carbons (Fsp3) is 0.258. The molecule has 0 saturated carbocycles. The number of nitrogens with one attached hydrogen (secondary N) is 1. The predicted octanol–water partition coefficient (Wildman–Crippen LogP) is 5.47. The molecule has 0 fully saturated rings. The van der Waals surface area contributed by atoms with Crippen molar-refractivity contribution in [2.45, 2.75) is 50.5 Å². The molecule has 1 aromatic heterocycles. The number of halogens is 3. The van der Waals surface area contributed by atoms with Crippen LogP contribution in [0, 0.1) is 17.5 Å². The third-order valence-corrected chi connectivity index (χ3v) is 7.34. The Morgan fingerprint density at radius 1 is 0.976 bits per heavy atom. The lowest BCUT2D eigenvalue weighted by Gasteiger charge is -2.19. The van der Waals surface area contributed by atoms with Crippen LogP contribution in [-0.2, 0) is 24.1 Å². The Labute approximate surface area is 234 Å². The van der Waals surface area contributed by atoms with E-state index >= 15 is 4.39 Å². The van der Waals surface area contributed by atoms with E-state index < -0.39 is 29.6 Å². The van der Waals surface area contributed by atoms with E-state index in [1.54, 1.807) is 24.3 Å². The summed E-state index contributed by atoms with van der Waals surface area (Å²) in [7, 11) is 0. The van der Waals surface area contributed by atoms with Gasteiger partial charge in [0.05, 0.1) is 5.69 Å². The highest BCUT2D eigenvalue weighted by atomic mass is 19.1. The first-order valence-corrected chi connectivity index (χ1v) is 13.3. The van der Waals surface area contributed by atoms with Crippen LogP contribution in [0.25, 0.3) is 5.69 Å². The van der Waals surface area contributed by atoms with Crippen LogP contribution >= 0.6 is 0 Å². The van der Waals surface area contributed by atoms with E-state index in [0.717, 1.165) is 24.1 Å². The summed E-state index contributed by atoms with van der Waals surface area (Å²) < 4.78 is 44.1. The van der Waals surface area contributed by atoms with Gasteiger partial charge in [0, 0.05) is 24.0 Å². The third-order valence-electron chi connectivity index (χ3n) is 7.34. The molecule has 1 unspecified atom stereocenters. The van der Waals surface area contributed by atoms with Crippen LogP contribution in [0.3, 0.4) is 0 Å². The number of fused-ring (bicyclic) bond motifs is 1. The van der Waals surface area contributed by atoms with Gasteiger partial charge in [0.2, 0.25) is 0 Å². The molecule has 2 atom stereocenters. The summed E-state index contributed by atoms with van der Waals surface area (Å²) in [4.78, 5) is 25.6. The molecule has 5 rings (SSSR count). The van der Waals surface area contributed by atoms with Crippen molar-refractivity contribution >= 4 is 11.9 Å². The zero-order valence-corrected chi connectivity index (χ0v) is 22.0. The Hall–Kier alpha value is -4.60. The number of hydrogen-bond acceptors (Lipinski definition) is 4. The molecule has 1 aliphatic rings. The largest absolute Gasteiger partial charge is 0.508 e. The molecular weight excluding hydrogens is 535 g/mol. The van der Waals surface area contributed by atoms with Crippen LogP contribution in [0.4, 0.5) is 13.2 Å². The maximum atomic E-state index is 15.1. The Morgan fingerprint density at radius 3 is 2.44 bits per heavy atom. The zero-order chi connectivity index (χ0) is 29.1. The second-order valence-electron chi connectivity index (χ2n) is 10.2. The minimum Gasteiger partial charge on any atom is -0.508 e. The van der Waals surface area contributed by atoms with E-state index in [1.807, 2.05) is 0 Å². The number of phenolic OH excluding ortho intramolecular Hbond substituents is 1. The average Bonchev–Trinajstić information content (AvgIpc) is 3.18. The van der Waals surface area contributed by atoms with E-state index in [4.69, 9.17) is 0 Å². The zero-order valence-electron chi connectivity index (χ0n) is 22.0. The van der Waals surface area contributed by atoms with Gasteiger partial charge in [-0.25, -0.2) is 22.6 Å². The summed E-state index contributed by atoms with van der Waals surface area (Å²) in [6.07, 6.45) is 2.96. The summed E-state index contributed by atoms with van der Waals surface area (Å²) in [5.74, 6) is -4.25. The number of carboxylic acid groups (broad SMARTS) is 1. The number of nitrogens with zero attached hydrogens (tertiary/aromatic N) is 2. The smallest absolute Gasteiger partial charge is 0.326 e. The molecule has 0 aliphatic heterocycles. The molecule has 1 heterocycles. The van der Waals surface area contributed by atoms with Gasteiger partial charge in [0.1, 0.15) is 29.1 Å². The van der Waals surface area contributed by atoms with Crippen molar-refractivity contribution in [3.8, 4) is 11.4 Å². The average molecular weight is 564 g/mol. The number of aromatic nitrogens is 2. The van der Waals surface area contributed by atoms with Crippen LogP contribution in [0.2, 0.25) is 0 Å². The minimum atomic E-state index is -1.30. The highest BCUT2D eigenvalue weighted by Crippen LogP contribution is 2.37. The van der Waals surface area contributed by atoms with Crippen molar-refractivity contribution in [3.05, 3.63) is 112 Å². The van der Waals surface area contributed by atoms with Gasteiger partial charge in [-0.05, 0) is 73.2 Å². The molecule has 10 heteroatoms. The minimum absolute atomic E-state index is 0.0266. The highest BCUT2D eigenvalue weighted by molar-refractivity contribution is 5.96. The molecule has 0 saturated heterocycles. The number of rotatable bonds is 8. The van der Waals surface area contributed by atoms with Gasteiger partial charge in [-0.2, -0.15) is 5.10 Å². The van der Waals surface area contributed by atoms with Gasteiger partial charge in [-0.15, -0.1) is 0 Å². The highest BCUT2D eigenvalue weighted by Gasteiger charge is 2.33. The van der Waals surface area contributed by atoms with Crippen LogP contribution in [0.5, 0.6) is 5.75 Å². The van der Waals surface area contributed by atoms with Crippen molar-refractivity contribution in [2.75, 3.05) is 0 Å². The number of phenols is 1. The van der Waals surface area contributed by atoms with Gasteiger partial charge < -0.3 is 15.5 Å². The van der Waals surface area contributed by atoms with Gasteiger partial charge in [0.15, 0.2) is 11.5 Å². The summed E-state index contributed by atoms with van der Waals surface area (Å²) in [6.45, 7) is 0. The Morgan fingerprint density at radius 2 is 1.73 bits per heavy atom. The second kappa shape index (κ2) is 11.9. The number of carbonyl (C=O) groups is 2. The van der Waals surface area contributed by atoms with E-state index in [2.05, 4.69) is 10.4 Å². The van der Waals surface area contributed by atoms with Gasteiger partial charge in [0.25, 0.3) is 5.91 Å². The van der Waals surface area contributed by atoms with E-state index in [1.165, 1.54) is 35.0 Å². The molecule has 0 spiro atoms. The molecule has 7 nitrogen and oxygen atoms in total. The number of carboxylic acids is 1. The van der Waals surface area contributed by atoms with Gasteiger partial charge in [-0.1, -0.05) is 30.7 Å². The van der Waals surface area contributed by atoms with Crippen LogP contribution in [0.1, 0.15) is 58.1 Å². The Bertz CT molecular complexity index is 1590. The maximum absolute atomic E-state index is 15.1. The number of carbonyl (C=O) groups excluding carboxylic acids is 1. The van der Waals surface area contributed by atoms with E-state index in [9.17, 15) is 28.6 Å². The lowest BCUT2D eigenvalue weighted by molar-refractivity contribution is -0.139. The maximum Gasteiger partial charge on any atom is 0.326 e. The van der Waals surface area contributed by atoms with Crippen molar-refractivity contribution < 1.29 is 33.0 Å². The number of amides is 1. The monoisotopic (exact) mass is 563 g/mol. The predicted molar refractivity (Wildman–Crippen MR) is 145 cm³/mol. The van der Waals surface area contributed by atoms with Gasteiger partial charge >= 0.3 is 5.97 Å². The Balaban J connectivity index is 1.56. The molecule has 1 amide bonds. The van der Waals surface area contributed by atoms with Crippen LogP contribution in [0.15, 0.2) is 66.7 Å². The van der Waals surface area contributed by atoms with Crippen molar-refractivity contribution in [1.82, 2.24) is 15.1 Å². The van der Waals surface area contributed by atoms with Crippen molar-refractivity contribution in [3.63, 3.8) is 0 Å². The second-order valence-corrected chi connectivity index (χ2v) is 10.2. The lowest BCUT2D eigenvalue weighted by Crippen LogP contribution is -2.42. The summed E-state index contributed by atoms with van der Waals surface area (Å²) >= 11 is 0. The van der Waals surface area contributed by atoms with Gasteiger partial charge in [-0.3, -0.25) is 4.79 Å². The lowest BCUT2D eigenvalue weighted by atomic mass is 9.90. The SMILES string of the molecule is O=C(N[C@H](Cc1ccc(O)cc1)C(=O)O)c1nn(-c2ccc(F)cc2F)c2c1CCCCC2Cc1cccc(F)c1. The summed E-state index contributed by atoms with van der Waals surface area (Å²) in [6, 6.07) is 13.9. The number of aliphatic carboxylic acids is 1. The molecule has 0 radical (unpaired) electrons. The van der Waals surface area contributed by atoms with Crippen LogP contribution < -0.4 is 5.32 Å². The quantitative estimate of drug-likeness (QED) is 0.247. The molecular formula is C31H28F3N3O4. The number of hydrogen-bond donors (Lipinski definition) is 3. The fourth-order valence-corrected chi connectivity index (χ4v) is 5.42. The van der Waals surface area contributed by atoms with E-state index in [-0.39, 0.29) is 35.3 Å². The molecule has 212 valence electrons. The van der Waals surface area contributed by atoms with Crippen molar-refractivity contribution in [1.29, 1.82) is 0 Å². The standard InChI is InChI=1S/C31H28F3N3O4/c32-21-6-3-4-19(15-21)14-20-5-1-2-7-24-28(36-37(29(20)24)27-13-10-22(33)17-25(27)34)30(39)35-26(31(40)41)16-18-8-11-23(38)12-9-18/h3-4,6,8-13,15,17,20,26,38H,1-2,5,7,14,16H2,(H,35,39)(H,40,41)/t20?,26-/m1/s1. The van der Waals surface area contributed by atoms with E-state index in [0.29, 0.717) is 42.5 Å². The summed E-state index contributed by atoms with van der Waals surface area (Å²) in [5.41, 5.74) is 2.34. The first kappa shape index (κ1) is 27.9. The first-order valence-electron chi connectivity index (χ1n) is 13.3. The number of aromatic hydroxyl groups is 1. The molecule has 3 N–H and O–H groups in total. The number of benzene rings is 3. The Kier molecular flexibility index (Phi) is 8.09. The topological polar surface area (TPSA) is 104 Å². The third kappa shape index (κ3) is 6.26.